The van der Waals surface area contributed by atoms with Crippen molar-refractivity contribution in [1.29, 1.82) is 0 Å². The molecule has 0 aromatic heterocycles. The van der Waals surface area contributed by atoms with E-state index in [1.165, 1.54) is 18.2 Å². The molecule has 1 N–H and O–H groups in total. The van der Waals surface area contributed by atoms with Gasteiger partial charge in [0.2, 0.25) is 15.9 Å². The van der Waals surface area contributed by atoms with E-state index in [4.69, 9.17) is 27.9 Å². The van der Waals surface area contributed by atoms with Crippen molar-refractivity contribution in [3.05, 3.63) is 64.1 Å². The van der Waals surface area contributed by atoms with Crippen molar-refractivity contribution < 1.29 is 17.9 Å². The first-order valence-corrected chi connectivity index (χ1v) is 12.3. The number of sulfonamides is 1. The standard InChI is InChI=1S/C22H28Cl2N2O4S/c1-17(2)30-14-6-12-25-22(27)16-26(13-11-18-7-4-3-5-8-18)31(28,29)21-15-19(23)9-10-20(21)24/h3-5,7-10,15,17H,6,11-14,16H2,1-2H3,(H,25,27). The summed E-state index contributed by atoms with van der Waals surface area (Å²) >= 11 is 12.1. The smallest absolute Gasteiger partial charge is 0.245 e. The van der Waals surface area contributed by atoms with Crippen LogP contribution in [0.5, 0.6) is 0 Å². The number of carbonyl (C=O) groups is 1. The van der Waals surface area contributed by atoms with Gasteiger partial charge in [0.05, 0.1) is 17.7 Å². The summed E-state index contributed by atoms with van der Waals surface area (Å²) < 4.78 is 33.2. The summed E-state index contributed by atoms with van der Waals surface area (Å²) in [6, 6.07) is 13.7. The Bertz CT molecular complexity index is 953. The molecule has 2 aromatic rings. The minimum Gasteiger partial charge on any atom is -0.379 e. The fraction of sp³-hybridized carbons (Fsp3) is 0.409. The van der Waals surface area contributed by atoms with Crippen molar-refractivity contribution in [3.8, 4) is 0 Å². The molecule has 0 saturated carbocycles. The van der Waals surface area contributed by atoms with Crippen LogP contribution in [0, 0.1) is 0 Å². The maximum absolute atomic E-state index is 13.3. The SMILES string of the molecule is CC(C)OCCCNC(=O)CN(CCc1ccccc1)S(=O)(=O)c1cc(Cl)ccc1Cl. The van der Waals surface area contributed by atoms with E-state index in [2.05, 4.69) is 5.32 Å². The molecule has 0 radical (unpaired) electrons. The maximum Gasteiger partial charge on any atom is 0.245 e. The number of ether oxygens (including phenoxy) is 1. The van der Waals surface area contributed by atoms with Gasteiger partial charge in [-0.2, -0.15) is 4.31 Å². The van der Waals surface area contributed by atoms with Gasteiger partial charge in [0.25, 0.3) is 0 Å². The molecule has 170 valence electrons. The van der Waals surface area contributed by atoms with Gasteiger partial charge in [-0.05, 0) is 50.5 Å². The monoisotopic (exact) mass is 486 g/mol. The third kappa shape index (κ3) is 8.43. The molecule has 0 bridgehead atoms. The molecule has 0 aliphatic rings. The minimum absolute atomic E-state index is 0.0559. The molecule has 9 heteroatoms. The van der Waals surface area contributed by atoms with Crippen LogP contribution in [0.1, 0.15) is 25.8 Å². The molecule has 0 saturated heterocycles. The van der Waals surface area contributed by atoms with E-state index in [-0.39, 0.29) is 40.0 Å². The van der Waals surface area contributed by atoms with Crippen molar-refractivity contribution in [2.24, 2.45) is 0 Å². The van der Waals surface area contributed by atoms with E-state index in [1.807, 2.05) is 44.2 Å². The normalized spacial score (nSPS) is 11.8. The Morgan fingerprint density at radius 2 is 1.84 bits per heavy atom. The van der Waals surface area contributed by atoms with E-state index in [0.29, 0.717) is 26.0 Å². The number of nitrogens with one attached hydrogen (secondary N) is 1. The van der Waals surface area contributed by atoms with Gasteiger partial charge in [0.1, 0.15) is 4.90 Å². The first kappa shape index (κ1) is 25.6. The van der Waals surface area contributed by atoms with Crippen molar-refractivity contribution in [2.45, 2.75) is 37.7 Å². The molecule has 0 atom stereocenters. The lowest BCUT2D eigenvalue weighted by atomic mass is 10.1. The molecule has 0 fully saturated rings. The topological polar surface area (TPSA) is 75.7 Å². The minimum atomic E-state index is -4.03. The Kier molecular flexibility index (Phi) is 10.3. The summed E-state index contributed by atoms with van der Waals surface area (Å²) in [6.07, 6.45) is 1.21. The highest BCUT2D eigenvalue weighted by molar-refractivity contribution is 7.89. The van der Waals surface area contributed by atoms with E-state index >= 15 is 0 Å². The van der Waals surface area contributed by atoms with Crippen molar-refractivity contribution in [2.75, 3.05) is 26.2 Å². The maximum atomic E-state index is 13.3. The van der Waals surface area contributed by atoms with Crippen molar-refractivity contribution in [3.63, 3.8) is 0 Å². The van der Waals surface area contributed by atoms with Gasteiger partial charge in [-0.25, -0.2) is 8.42 Å². The van der Waals surface area contributed by atoms with Crippen molar-refractivity contribution >= 4 is 39.1 Å². The first-order valence-electron chi connectivity index (χ1n) is 10.1. The van der Waals surface area contributed by atoms with Crippen LogP contribution in [0.4, 0.5) is 0 Å². The molecule has 0 unspecified atom stereocenters. The summed E-state index contributed by atoms with van der Waals surface area (Å²) in [4.78, 5) is 12.4. The molecule has 31 heavy (non-hydrogen) atoms. The summed E-state index contributed by atoms with van der Waals surface area (Å²) in [5.74, 6) is -0.390. The Balaban J connectivity index is 2.12. The van der Waals surface area contributed by atoms with Crippen LogP contribution in [0.15, 0.2) is 53.4 Å². The highest BCUT2D eigenvalue weighted by Crippen LogP contribution is 2.27. The fourth-order valence-corrected chi connectivity index (χ4v) is 4.97. The number of amides is 1. The van der Waals surface area contributed by atoms with Gasteiger partial charge in [0, 0.05) is 24.7 Å². The van der Waals surface area contributed by atoms with Gasteiger partial charge < -0.3 is 10.1 Å². The number of carbonyl (C=O) groups excluding carboxylic acids is 1. The molecule has 2 aromatic carbocycles. The molecule has 0 aliphatic heterocycles. The fourth-order valence-electron chi connectivity index (χ4n) is 2.83. The summed E-state index contributed by atoms with van der Waals surface area (Å²) in [5, 5.41) is 3.06. The number of benzene rings is 2. The molecule has 6 nitrogen and oxygen atoms in total. The second kappa shape index (κ2) is 12.4. The van der Waals surface area contributed by atoms with Gasteiger partial charge in [0.15, 0.2) is 0 Å². The molecular weight excluding hydrogens is 459 g/mol. The number of hydrogen-bond donors (Lipinski definition) is 1. The Morgan fingerprint density at radius 3 is 2.52 bits per heavy atom. The zero-order chi connectivity index (χ0) is 22.9. The van der Waals surface area contributed by atoms with Crippen LogP contribution in [-0.2, 0) is 26.0 Å². The van der Waals surface area contributed by atoms with Crippen LogP contribution >= 0.6 is 23.2 Å². The molecular formula is C22H28Cl2N2O4S. The van der Waals surface area contributed by atoms with Gasteiger partial charge >= 0.3 is 0 Å². The highest BCUT2D eigenvalue weighted by atomic mass is 35.5. The van der Waals surface area contributed by atoms with E-state index < -0.39 is 10.0 Å². The lowest BCUT2D eigenvalue weighted by Crippen LogP contribution is -2.42. The Morgan fingerprint density at radius 1 is 1.13 bits per heavy atom. The van der Waals surface area contributed by atoms with Crippen LogP contribution in [-0.4, -0.2) is 51.0 Å². The second-order valence-corrected chi connectivity index (χ2v) is 10.0. The number of halogens is 2. The van der Waals surface area contributed by atoms with E-state index in [9.17, 15) is 13.2 Å². The molecule has 0 spiro atoms. The lowest BCUT2D eigenvalue weighted by Gasteiger charge is -2.22. The van der Waals surface area contributed by atoms with Crippen LogP contribution in [0.2, 0.25) is 10.0 Å². The van der Waals surface area contributed by atoms with Gasteiger partial charge in [-0.3, -0.25) is 4.79 Å². The Labute approximate surface area is 194 Å². The van der Waals surface area contributed by atoms with Crippen LogP contribution in [0.25, 0.3) is 0 Å². The Hall–Kier alpha value is -1.64. The van der Waals surface area contributed by atoms with Crippen LogP contribution < -0.4 is 5.32 Å². The van der Waals surface area contributed by atoms with Crippen molar-refractivity contribution in [1.82, 2.24) is 9.62 Å². The number of nitrogens with zero attached hydrogens (tertiary/aromatic N) is 1. The highest BCUT2D eigenvalue weighted by Gasteiger charge is 2.28. The third-order valence-electron chi connectivity index (χ3n) is 4.42. The van der Waals surface area contributed by atoms with Gasteiger partial charge in [-0.1, -0.05) is 53.5 Å². The summed E-state index contributed by atoms with van der Waals surface area (Å²) in [7, 11) is -4.03. The molecule has 0 aliphatic carbocycles. The second-order valence-electron chi connectivity index (χ2n) is 7.27. The molecule has 1 amide bonds. The van der Waals surface area contributed by atoms with Gasteiger partial charge in [-0.15, -0.1) is 0 Å². The predicted octanol–water partition coefficient (Wildman–Crippen LogP) is 4.16. The largest absolute Gasteiger partial charge is 0.379 e. The average molecular weight is 487 g/mol. The zero-order valence-electron chi connectivity index (χ0n) is 17.7. The number of rotatable bonds is 12. The first-order chi connectivity index (χ1) is 14.7. The summed E-state index contributed by atoms with van der Waals surface area (Å²) in [6.45, 7) is 4.61. The lowest BCUT2D eigenvalue weighted by molar-refractivity contribution is -0.121. The molecule has 0 heterocycles. The quantitative estimate of drug-likeness (QED) is 0.457. The third-order valence-corrected chi connectivity index (χ3v) is 6.98. The van der Waals surface area contributed by atoms with E-state index in [0.717, 1.165) is 9.87 Å². The van der Waals surface area contributed by atoms with E-state index in [1.54, 1.807) is 0 Å². The predicted molar refractivity (Wildman–Crippen MR) is 124 cm³/mol. The average Bonchev–Trinajstić information content (AvgIpc) is 2.72. The number of hydrogen-bond acceptors (Lipinski definition) is 4. The molecule has 2 rings (SSSR count). The summed E-state index contributed by atoms with van der Waals surface area (Å²) in [5.41, 5.74) is 0.964. The zero-order valence-corrected chi connectivity index (χ0v) is 20.0. The van der Waals surface area contributed by atoms with Crippen LogP contribution in [0.3, 0.4) is 0 Å².